The fourth-order valence-electron chi connectivity index (χ4n) is 1.45. The van der Waals surface area contributed by atoms with Crippen LogP contribution >= 0.6 is 15.9 Å². The van der Waals surface area contributed by atoms with Gasteiger partial charge in [-0.3, -0.25) is 4.79 Å². The second-order valence-electron chi connectivity index (χ2n) is 3.47. The number of hydrogen-bond acceptors (Lipinski definition) is 3. The Balaban J connectivity index is 3.52. The fourth-order valence-corrected chi connectivity index (χ4v) is 1.91. The Kier molecular flexibility index (Phi) is 3.91. The molecule has 0 bridgehead atoms. The summed E-state index contributed by atoms with van der Waals surface area (Å²) in [6.07, 6.45) is 0. The molecule has 0 saturated carbocycles. The van der Waals surface area contributed by atoms with Crippen LogP contribution in [0.2, 0.25) is 0 Å². The Morgan fingerprint density at radius 3 is 2.44 bits per heavy atom. The van der Waals surface area contributed by atoms with Crippen molar-refractivity contribution in [2.75, 3.05) is 6.61 Å². The molecule has 0 aromatic carbocycles. The van der Waals surface area contributed by atoms with Crippen molar-refractivity contribution in [1.82, 2.24) is 4.57 Å². The number of nitrogens with zero attached hydrogens (tertiary/aromatic N) is 1. The van der Waals surface area contributed by atoms with E-state index >= 15 is 0 Å². The summed E-state index contributed by atoms with van der Waals surface area (Å²) in [5, 5.41) is 0. The van der Waals surface area contributed by atoms with Crippen molar-refractivity contribution < 1.29 is 9.53 Å². The molecule has 5 heteroatoms. The summed E-state index contributed by atoms with van der Waals surface area (Å²) in [6.45, 7) is 5.51. The minimum Gasteiger partial charge on any atom is -0.462 e. The highest BCUT2D eigenvalue weighted by molar-refractivity contribution is 9.10. The molecule has 0 amide bonds. The molecular weight excluding hydrogens is 274 g/mol. The van der Waals surface area contributed by atoms with Gasteiger partial charge in [-0.1, -0.05) is 0 Å². The second kappa shape index (κ2) is 4.82. The Labute approximate surface area is 102 Å². The van der Waals surface area contributed by atoms with Crippen molar-refractivity contribution in [3.8, 4) is 0 Å². The summed E-state index contributed by atoms with van der Waals surface area (Å²) in [4.78, 5) is 23.6. The summed E-state index contributed by atoms with van der Waals surface area (Å²) in [5.74, 6) is -0.568. The van der Waals surface area contributed by atoms with Gasteiger partial charge in [0.1, 0.15) is 5.56 Å². The van der Waals surface area contributed by atoms with Crippen LogP contribution in [-0.2, 0) is 11.8 Å². The summed E-state index contributed by atoms with van der Waals surface area (Å²) >= 11 is 3.19. The van der Waals surface area contributed by atoms with Crippen LogP contribution < -0.4 is 5.43 Å². The number of carbonyl (C=O) groups is 1. The van der Waals surface area contributed by atoms with Crippen LogP contribution in [0.25, 0.3) is 0 Å². The Morgan fingerprint density at radius 2 is 1.94 bits per heavy atom. The van der Waals surface area contributed by atoms with E-state index in [1.807, 2.05) is 6.92 Å². The summed E-state index contributed by atoms with van der Waals surface area (Å²) in [6, 6.07) is 0. The Bertz CT molecular complexity index is 491. The maximum atomic E-state index is 11.9. The molecule has 0 spiro atoms. The van der Waals surface area contributed by atoms with Gasteiger partial charge in [0.05, 0.1) is 11.1 Å². The standard InChI is InChI=1S/C11H14BrNO3/c1-5-16-11(15)8-6(2)13(4)7(3)9(12)10(8)14/h5H2,1-4H3. The normalized spacial score (nSPS) is 10.3. The largest absolute Gasteiger partial charge is 0.462 e. The molecule has 0 fully saturated rings. The van der Waals surface area contributed by atoms with Crippen LogP contribution in [-0.4, -0.2) is 17.1 Å². The molecule has 4 nitrogen and oxygen atoms in total. The molecule has 0 N–H and O–H groups in total. The summed E-state index contributed by atoms with van der Waals surface area (Å²) < 4.78 is 7.06. The van der Waals surface area contributed by atoms with E-state index in [-0.39, 0.29) is 17.6 Å². The third-order valence-electron chi connectivity index (χ3n) is 2.59. The number of halogens is 1. The topological polar surface area (TPSA) is 48.3 Å². The van der Waals surface area contributed by atoms with Gasteiger partial charge in [-0.2, -0.15) is 0 Å². The molecule has 88 valence electrons. The zero-order valence-corrected chi connectivity index (χ0v) is 11.3. The lowest BCUT2D eigenvalue weighted by Crippen LogP contribution is -2.25. The lowest BCUT2D eigenvalue weighted by Gasteiger charge is -2.14. The predicted octanol–water partition coefficient (Wildman–Crippen LogP) is 1.94. The van der Waals surface area contributed by atoms with Gasteiger partial charge >= 0.3 is 5.97 Å². The van der Waals surface area contributed by atoms with E-state index in [2.05, 4.69) is 15.9 Å². The van der Waals surface area contributed by atoms with Crippen molar-refractivity contribution in [3.05, 3.63) is 31.6 Å². The molecular formula is C11H14BrNO3. The molecule has 0 unspecified atom stereocenters. The monoisotopic (exact) mass is 287 g/mol. The van der Waals surface area contributed by atoms with Crippen LogP contribution in [0, 0.1) is 13.8 Å². The van der Waals surface area contributed by atoms with Gasteiger partial charge in [0, 0.05) is 18.4 Å². The lowest BCUT2D eigenvalue weighted by molar-refractivity contribution is 0.0522. The van der Waals surface area contributed by atoms with Crippen molar-refractivity contribution in [2.45, 2.75) is 20.8 Å². The van der Waals surface area contributed by atoms with E-state index in [0.29, 0.717) is 10.2 Å². The third-order valence-corrected chi connectivity index (χ3v) is 3.53. The first-order chi connectivity index (χ1) is 7.41. The molecule has 0 aliphatic carbocycles. The number of carbonyl (C=O) groups excluding carboxylic acids is 1. The van der Waals surface area contributed by atoms with E-state index in [9.17, 15) is 9.59 Å². The highest BCUT2D eigenvalue weighted by Gasteiger charge is 2.20. The average Bonchev–Trinajstić information content (AvgIpc) is 2.24. The average molecular weight is 288 g/mol. The number of rotatable bonds is 2. The summed E-state index contributed by atoms with van der Waals surface area (Å²) in [5.41, 5.74) is 1.19. The lowest BCUT2D eigenvalue weighted by atomic mass is 10.1. The highest BCUT2D eigenvalue weighted by atomic mass is 79.9. The van der Waals surface area contributed by atoms with Gasteiger partial charge in [-0.25, -0.2) is 4.79 Å². The van der Waals surface area contributed by atoms with E-state index < -0.39 is 5.97 Å². The minimum absolute atomic E-state index is 0.0989. The first-order valence-electron chi connectivity index (χ1n) is 4.94. The van der Waals surface area contributed by atoms with Crippen molar-refractivity contribution in [1.29, 1.82) is 0 Å². The first kappa shape index (κ1) is 13.0. The van der Waals surface area contributed by atoms with Gasteiger partial charge < -0.3 is 9.30 Å². The molecule has 0 aliphatic heterocycles. The van der Waals surface area contributed by atoms with E-state index in [1.54, 1.807) is 25.5 Å². The number of hydrogen-bond donors (Lipinski definition) is 0. The van der Waals surface area contributed by atoms with Gasteiger partial charge in [0.25, 0.3) is 0 Å². The van der Waals surface area contributed by atoms with Crippen LogP contribution in [0.5, 0.6) is 0 Å². The van der Waals surface area contributed by atoms with Gasteiger partial charge in [-0.05, 0) is 36.7 Å². The molecule has 0 radical (unpaired) electrons. The van der Waals surface area contributed by atoms with Gasteiger partial charge in [-0.15, -0.1) is 0 Å². The van der Waals surface area contributed by atoms with Crippen molar-refractivity contribution in [3.63, 3.8) is 0 Å². The second-order valence-corrected chi connectivity index (χ2v) is 4.26. The van der Waals surface area contributed by atoms with Crippen LogP contribution in [0.15, 0.2) is 9.27 Å². The molecule has 16 heavy (non-hydrogen) atoms. The van der Waals surface area contributed by atoms with Gasteiger partial charge in [0.2, 0.25) is 5.43 Å². The molecule has 1 heterocycles. The first-order valence-corrected chi connectivity index (χ1v) is 5.73. The SMILES string of the molecule is CCOC(=O)c1c(C)n(C)c(C)c(Br)c1=O. The highest BCUT2D eigenvalue weighted by Crippen LogP contribution is 2.15. The fraction of sp³-hybridized carbons (Fsp3) is 0.455. The van der Waals surface area contributed by atoms with Crippen LogP contribution in [0.1, 0.15) is 28.7 Å². The van der Waals surface area contributed by atoms with Crippen molar-refractivity contribution in [2.24, 2.45) is 7.05 Å². The van der Waals surface area contributed by atoms with E-state index in [4.69, 9.17) is 4.74 Å². The van der Waals surface area contributed by atoms with E-state index in [0.717, 1.165) is 5.69 Å². The quantitative estimate of drug-likeness (QED) is 0.781. The van der Waals surface area contributed by atoms with Crippen molar-refractivity contribution >= 4 is 21.9 Å². The van der Waals surface area contributed by atoms with Gasteiger partial charge in [0.15, 0.2) is 0 Å². The maximum Gasteiger partial charge on any atom is 0.343 e. The molecule has 0 saturated heterocycles. The molecule has 0 aliphatic rings. The minimum atomic E-state index is -0.568. The summed E-state index contributed by atoms with van der Waals surface area (Å²) in [7, 11) is 1.80. The predicted molar refractivity (Wildman–Crippen MR) is 64.8 cm³/mol. The number of aromatic nitrogens is 1. The number of esters is 1. The molecule has 1 rings (SSSR count). The molecule has 1 aromatic rings. The van der Waals surface area contributed by atoms with E-state index in [1.165, 1.54) is 0 Å². The zero-order valence-electron chi connectivity index (χ0n) is 9.76. The van der Waals surface area contributed by atoms with Crippen LogP contribution in [0.3, 0.4) is 0 Å². The van der Waals surface area contributed by atoms with Crippen LogP contribution in [0.4, 0.5) is 0 Å². The Hall–Kier alpha value is -1.10. The number of ether oxygens (including phenoxy) is 1. The number of pyridine rings is 1. The zero-order chi connectivity index (χ0) is 12.5. The maximum absolute atomic E-state index is 11.9. The Morgan fingerprint density at radius 1 is 1.38 bits per heavy atom. The molecule has 0 atom stereocenters. The smallest absolute Gasteiger partial charge is 0.343 e. The third kappa shape index (κ3) is 2.04. The molecule has 1 aromatic heterocycles.